The highest BCUT2D eigenvalue weighted by atomic mass is 35.5. The van der Waals surface area contributed by atoms with Crippen LogP contribution in [-0.4, -0.2) is 60.2 Å². The van der Waals surface area contributed by atoms with E-state index in [1.807, 2.05) is 0 Å². The second kappa shape index (κ2) is 10.4. The van der Waals surface area contributed by atoms with E-state index in [2.05, 4.69) is 14.1 Å². The van der Waals surface area contributed by atoms with Crippen molar-refractivity contribution >= 4 is 67.4 Å². The van der Waals surface area contributed by atoms with E-state index in [4.69, 9.17) is 27.9 Å². The third kappa shape index (κ3) is 5.67. The number of hydrogen-bond donors (Lipinski definition) is 1. The van der Waals surface area contributed by atoms with Crippen LogP contribution >= 0.6 is 34.7 Å². The molecule has 1 aromatic heterocycles. The van der Waals surface area contributed by atoms with Crippen molar-refractivity contribution in [1.29, 1.82) is 0 Å². The quantitative estimate of drug-likeness (QED) is 0.471. The standard InChI is InChI=1S/C21H19Cl2N5O5S2.H2/c1-13(33-17-4-2-3-16(22)19(17)23)20(30)27-9-10-28(18(29)11-27)14-5-7-15(8-6-14)35(31,32)26-21-24-12-25-34-21;/h2-8,12-13H,9-11H2,1H3,(H,24,25,26);1H. The van der Waals surface area contributed by atoms with E-state index in [0.717, 1.165) is 11.5 Å². The lowest BCUT2D eigenvalue weighted by Crippen LogP contribution is -2.54. The van der Waals surface area contributed by atoms with Crippen LogP contribution in [0.2, 0.25) is 10.0 Å². The molecule has 1 aliphatic heterocycles. The zero-order chi connectivity index (χ0) is 25.2. The fourth-order valence-electron chi connectivity index (χ4n) is 3.40. The first-order valence-corrected chi connectivity index (χ1v) is 13.3. The van der Waals surface area contributed by atoms with E-state index in [-0.39, 0.29) is 53.7 Å². The average molecular weight is 558 g/mol. The van der Waals surface area contributed by atoms with Gasteiger partial charge in [0.2, 0.25) is 11.0 Å². The van der Waals surface area contributed by atoms with Gasteiger partial charge in [0.1, 0.15) is 23.6 Å². The zero-order valence-electron chi connectivity index (χ0n) is 18.2. The van der Waals surface area contributed by atoms with Crippen molar-refractivity contribution in [1.82, 2.24) is 14.3 Å². The number of nitrogens with zero attached hydrogens (tertiary/aromatic N) is 4. The van der Waals surface area contributed by atoms with E-state index in [1.165, 1.54) is 40.4 Å². The third-order valence-corrected chi connectivity index (χ3v) is 8.01. The van der Waals surface area contributed by atoms with Gasteiger partial charge >= 0.3 is 0 Å². The summed E-state index contributed by atoms with van der Waals surface area (Å²) in [6.45, 7) is 1.95. The van der Waals surface area contributed by atoms with Crippen LogP contribution in [0.15, 0.2) is 53.7 Å². The maximum absolute atomic E-state index is 12.8. The Balaban J connectivity index is 0.00000361. The average Bonchev–Trinajstić information content (AvgIpc) is 3.34. The molecule has 10 nitrogen and oxygen atoms in total. The molecule has 2 amide bonds. The molecule has 2 aromatic carbocycles. The van der Waals surface area contributed by atoms with Crippen molar-refractivity contribution in [2.75, 3.05) is 29.3 Å². The monoisotopic (exact) mass is 557 g/mol. The number of ether oxygens (including phenoxy) is 1. The summed E-state index contributed by atoms with van der Waals surface area (Å²) in [4.78, 5) is 32.4. The van der Waals surface area contributed by atoms with Gasteiger partial charge in [0.25, 0.3) is 15.9 Å². The Morgan fingerprint density at radius 1 is 1.20 bits per heavy atom. The number of rotatable bonds is 7. The van der Waals surface area contributed by atoms with E-state index in [0.29, 0.717) is 10.7 Å². The number of sulfonamides is 1. The van der Waals surface area contributed by atoms with Gasteiger partial charge in [-0.15, -0.1) is 0 Å². The first-order chi connectivity index (χ1) is 16.7. The smallest absolute Gasteiger partial charge is 0.263 e. The largest absolute Gasteiger partial charge is 0.479 e. The van der Waals surface area contributed by atoms with Gasteiger partial charge in [-0.05, 0) is 43.3 Å². The van der Waals surface area contributed by atoms with E-state index in [9.17, 15) is 18.0 Å². The van der Waals surface area contributed by atoms with Crippen LogP contribution in [0, 0.1) is 0 Å². The molecule has 1 N–H and O–H groups in total. The molecule has 1 unspecified atom stereocenters. The van der Waals surface area contributed by atoms with Crippen LogP contribution in [0.4, 0.5) is 10.8 Å². The molecular weight excluding hydrogens is 537 g/mol. The van der Waals surface area contributed by atoms with Gasteiger partial charge < -0.3 is 14.5 Å². The summed E-state index contributed by atoms with van der Waals surface area (Å²) in [5.74, 6) is -0.390. The topological polar surface area (TPSA) is 122 Å². The van der Waals surface area contributed by atoms with Crippen molar-refractivity contribution in [3.63, 3.8) is 0 Å². The lowest BCUT2D eigenvalue weighted by molar-refractivity contribution is -0.142. The molecule has 14 heteroatoms. The van der Waals surface area contributed by atoms with Crippen LogP contribution in [0.1, 0.15) is 8.35 Å². The molecule has 1 saturated heterocycles. The maximum Gasteiger partial charge on any atom is 0.263 e. The van der Waals surface area contributed by atoms with E-state index >= 15 is 0 Å². The van der Waals surface area contributed by atoms with Gasteiger partial charge in [0.05, 0.1) is 9.92 Å². The number of benzene rings is 2. The normalized spacial score (nSPS) is 15.1. The van der Waals surface area contributed by atoms with Crippen LogP contribution in [0.5, 0.6) is 5.75 Å². The highest BCUT2D eigenvalue weighted by Crippen LogP contribution is 2.32. The van der Waals surface area contributed by atoms with Crippen molar-refractivity contribution in [2.45, 2.75) is 17.9 Å². The summed E-state index contributed by atoms with van der Waals surface area (Å²) < 4.78 is 36.7. The molecule has 4 rings (SSSR count). The van der Waals surface area contributed by atoms with Crippen LogP contribution in [-0.2, 0) is 19.6 Å². The molecule has 0 bridgehead atoms. The Morgan fingerprint density at radius 2 is 1.94 bits per heavy atom. The Morgan fingerprint density at radius 3 is 2.60 bits per heavy atom. The van der Waals surface area contributed by atoms with Crippen molar-refractivity contribution < 1.29 is 24.2 Å². The fourth-order valence-corrected chi connectivity index (χ4v) is 5.40. The van der Waals surface area contributed by atoms with Crippen molar-refractivity contribution in [3.8, 4) is 5.75 Å². The van der Waals surface area contributed by atoms with E-state index in [1.54, 1.807) is 25.1 Å². The van der Waals surface area contributed by atoms with Crippen molar-refractivity contribution in [2.24, 2.45) is 0 Å². The minimum Gasteiger partial charge on any atom is -0.479 e. The Kier molecular flexibility index (Phi) is 7.45. The lowest BCUT2D eigenvalue weighted by Gasteiger charge is -2.35. The van der Waals surface area contributed by atoms with Crippen molar-refractivity contribution in [3.05, 3.63) is 58.8 Å². The number of hydrogen-bond acceptors (Lipinski definition) is 8. The summed E-state index contributed by atoms with van der Waals surface area (Å²) in [5, 5.41) is 0.668. The predicted molar refractivity (Wildman–Crippen MR) is 135 cm³/mol. The molecule has 1 atom stereocenters. The number of piperazine rings is 1. The van der Waals surface area contributed by atoms with Crippen LogP contribution in [0.25, 0.3) is 0 Å². The molecule has 35 heavy (non-hydrogen) atoms. The molecule has 0 aliphatic carbocycles. The number of aromatic nitrogens is 2. The maximum atomic E-state index is 12.8. The van der Waals surface area contributed by atoms with Gasteiger partial charge in [0.15, 0.2) is 6.10 Å². The summed E-state index contributed by atoms with van der Waals surface area (Å²) in [5.41, 5.74) is 0.520. The fraction of sp³-hybridized carbons (Fsp3) is 0.238. The second-order valence-electron chi connectivity index (χ2n) is 7.46. The minimum absolute atomic E-state index is 0. The first kappa shape index (κ1) is 25.2. The second-order valence-corrected chi connectivity index (χ2v) is 10.7. The highest BCUT2D eigenvalue weighted by Gasteiger charge is 2.31. The molecule has 0 radical (unpaired) electrons. The molecule has 1 aliphatic rings. The number of amides is 2. The first-order valence-electron chi connectivity index (χ1n) is 10.2. The molecule has 2 heterocycles. The number of halogens is 2. The van der Waals surface area contributed by atoms with Crippen LogP contribution < -0.4 is 14.4 Å². The number of anilines is 2. The van der Waals surface area contributed by atoms with E-state index < -0.39 is 16.1 Å². The lowest BCUT2D eigenvalue weighted by atomic mass is 10.2. The molecule has 186 valence electrons. The number of nitrogens with one attached hydrogen (secondary N) is 1. The highest BCUT2D eigenvalue weighted by molar-refractivity contribution is 7.93. The van der Waals surface area contributed by atoms with Gasteiger partial charge in [-0.25, -0.2) is 13.4 Å². The summed E-state index contributed by atoms with van der Waals surface area (Å²) in [7, 11) is -3.84. The van der Waals surface area contributed by atoms with Gasteiger partial charge in [-0.3, -0.25) is 14.3 Å². The molecule has 1 fully saturated rings. The van der Waals surface area contributed by atoms with Gasteiger partial charge in [-0.2, -0.15) is 4.37 Å². The SMILES string of the molecule is CC(Oc1cccc(Cl)c1Cl)C(=O)N1CCN(c2ccc(S(=O)(=O)Nc3ncns3)cc2)C(=O)C1.[HH]. The number of carbonyl (C=O) groups is 2. The Hall–Kier alpha value is -2.93. The molecule has 0 saturated carbocycles. The summed E-state index contributed by atoms with van der Waals surface area (Å²) >= 11 is 13.0. The minimum atomic E-state index is -3.84. The van der Waals surface area contributed by atoms with Gasteiger partial charge in [0, 0.05) is 31.7 Å². The Labute approximate surface area is 217 Å². The zero-order valence-corrected chi connectivity index (χ0v) is 21.4. The third-order valence-electron chi connectivity index (χ3n) is 5.14. The van der Waals surface area contributed by atoms with Crippen LogP contribution in [0.3, 0.4) is 0 Å². The number of carbonyl (C=O) groups excluding carboxylic acids is 2. The summed E-state index contributed by atoms with van der Waals surface area (Å²) in [6.07, 6.45) is 0.372. The molecule has 0 spiro atoms. The summed E-state index contributed by atoms with van der Waals surface area (Å²) in [6, 6.07) is 10.7. The predicted octanol–water partition coefficient (Wildman–Crippen LogP) is 3.53. The molecule has 3 aromatic rings. The molecular formula is C21H21Cl2N5O5S2. The Bertz CT molecular complexity index is 1340. The van der Waals surface area contributed by atoms with Gasteiger partial charge in [-0.1, -0.05) is 29.3 Å².